The number of hydrogen-bond donors (Lipinski definition) is 2. The van der Waals surface area contributed by atoms with Gasteiger partial charge in [0.2, 0.25) is 11.8 Å². The SMILES string of the molecule is CCOC(=O)CCC(=O)Nc1nn(C)c2c1C(c1ccccc1)CC(=O)N2. The summed E-state index contributed by atoms with van der Waals surface area (Å²) >= 11 is 0. The number of nitrogens with zero attached hydrogens (tertiary/aromatic N) is 2. The molecule has 2 amide bonds. The minimum absolute atomic E-state index is 0.00649. The molecular formula is C19H22N4O4. The van der Waals surface area contributed by atoms with Gasteiger partial charge in [-0.2, -0.15) is 5.10 Å². The zero-order valence-electron chi connectivity index (χ0n) is 15.3. The number of aryl methyl sites for hydroxylation is 1. The molecule has 1 unspecified atom stereocenters. The molecule has 1 atom stereocenters. The largest absolute Gasteiger partial charge is 0.466 e. The summed E-state index contributed by atoms with van der Waals surface area (Å²) in [5, 5.41) is 9.96. The lowest BCUT2D eigenvalue weighted by molar-refractivity contribution is -0.144. The maximum absolute atomic E-state index is 12.3. The van der Waals surface area contributed by atoms with Crippen molar-refractivity contribution in [2.24, 2.45) is 7.05 Å². The van der Waals surface area contributed by atoms with E-state index < -0.39 is 5.97 Å². The van der Waals surface area contributed by atoms with Gasteiger partial charge in [0.1, 0.15) is 5.82 Å². The summed E-state index contributed by atoms with van der Waals surface area (Å²) in [5.41, 5.74) is 1.75. The van der Waals surface area contributed by atoms with Gasteiger partial charge in [-0.1, -0.05) is 30.3 Å². The van der Waals surface area contributed by atoms with Crippen molar-refractivity contribution in [1.82, 2.24) is 9.78 Å². The second-order valence-electron chi connectivity index (χ2n) is 6.30. The normalized spacial score (nSPS) is 15.6. The quantitative estimate of drug-likeness (QED) is 0.759. The van der Waals surface area contributed by atoms with E-state index in [-0.39, 0.29) is 43.6 Å². The summed E-state index contributed by atoms with van der Waals surface area (Å²) < 4.78 is 6.38. The van der Waals surface area contributed by atoms with Crippen LogP contribution >= 0.6 is 0 Å². The number of anilines is 2. The Morgan fingerprint density at radius 2 is 2.04 bits per heavy atom. The second-order valence-corrected chi connectivity index (χ2v) is 6.30. The van der Waals surface area contributed by atoms with E-state index in [1.165, 1.54) is 0 Å². The number of nitrogens with one attached hydrogen (secondary N) is 2. The van der Waals surface area contributed by atoms with Crippen LogP contribution in [-0.2, 0) is 26.2 Å². The van der Waals surface area contributed by atoms with Crippen molar-refractivity contribution in [3.05, 3.63) is 41.5 Å². The van der Waals surface area contributed by atoms with Crippen LogP contribution in [0.3, 0.4) is 0 Å². The van der Waals surface area contributed by atoms with Gasteiger partial charge in [-0.3, -0.25) is 19.1 Å². The molecule has 142 valence electrons. The van der Waals surface area contributed by atoms with Gasteiger partial charge in [-0.15, -0.1) is 0 Å². The number of rotatable bonds is 6. The minimum atomic E-state index is -0.412. The Labute approximate surface area is 156 Å². The zero-order valence-corrected chi connectivity index (χ0v) is 15.3. The molecule has 2 aromatic rings. The number of carbonyl (C=O) groups is 3. The van der Waals surface area contributed by atoms with Gasteiger partial charge in [0.15, 0.2) is 5.82 Å². The predicted octanol–water partition coefficient (Wildman–Crippen LogP) is 2.18. The molecule has 8 nitrogen and oxygen atoms in total. The maximum atomic E-state index is 12.3. The molecule has 27 heavy (non-hydrogen) atoms. The average molecular weight is 370 g/mol. The fourth-order valence-electron chi connectivity index (χ4n) is 3.19. The van der Waals surface area contributed by atoms with Crippen LogP contribution in [0.15, 0.2) is 30.3 Å². The molecule has 1 aliphatic heterocycles. The lowest BCUT2D eigenvalue weighted by Gasteiger charge is -2.24. The molecule has 3 rings (SSSR count). The fraction of sp³-hybridized carbons (Fsp3) is 0.368. The van der Waals surface area contributed by atoms with Gasteiger partial charge in [0.05, 0.1) is 13.0 Å². The highest BCUT2D eigenvalue weighted by Crippen LogP contribution is 2.41. The van der Waals surface area contributed by atoms with Crippen molar-refractivity contribution >= 4 is 29.4 Å². The molecule has 0 aliphatic carbocycles. The summed E-state index contributed by atoms with van der Waals surface area (Å²) in [4.78, 5) is 35.8. The Balaban J connectivity index is 1.84. The molecular weight excluding hydrogens is 348 g/mol. The summed E-state index contributed by atoms with van der Waals surface area (Å²) in [6, 6.07) is 9.64. The van der Waals surface area contributed by atoms with Gasteiger partial charge >= 0.3 is 5.97 Å². The lowest BCUT2D eigenvalue weighted by Crippen LogP contribution is -2.25. The molecule has 1 aliphatic rings. The van der Waals surface area contributed by atoms with Crippen molar-refractivity contribution in [2.45, 2.75) is 32.1 Å². The Bertz CT molecular complexity index is 860. The molecule has 0 bridgehead atoms. The number of carbonyl (C=O) groups excluding carboxylic acids is 3. The van der Waals surface area contributed by atoms with E-state index in [0.29, 0.717) is 11.6 Å². The summed E-state index contributed by atoms with van der Waals surface area (Å²) in [6.45, 7) is 2.00. The Morgan fingerprint density at radius 3 is 2.74 bits per heavy atom. The van der Waals surface area contributed by atoms with E-state index in [2.05, 4.69) is 15.7 Å². The Kier molecular flexibility index (Phi) is 5.54. The van der Waals surface area contributed by atoms with Crippen LogP contribution in [0.5, 0.6) is 0 Å². The molecule has 0 saturated carbocycles. The van der Waals surface area contributed by atoms with E-state index in [0.717, 1.165) is 11.1 Å². The summed E-state index contributed by atoms with van der Waals surface area (Å²) in [7, 11) is 1.71. The summed E-state index contributed by atoms with van der Waals surface area (Å²) in [5.74, 6) is -0.0719. The first-order valence-corrected chi connectivity index (χ1v) is 8.86. The molecule has 0 fully saturated rings. The maximum Gasteiger partial charge on any atom is 0.306 e. The van der Waals surface area contributed by atoms with Crippen LogP contribution in [-0.4, -0.2) is 34.2 Å². The first kappa shape index (κ1) is 18.6. The van der Waals surface area contributed by atoms with Crippen molar-refractivity contribution in [3.63, 3.8) is 0 Å². The second kappa shape index (κ2) is 8.03. The van der Waals surface area contributed by atoms with Crippen LogP contribution in [0, 0.1) is 0 Å². The Morgan fingerprint density at radius 1 is 1.30 bits per heavy atom. The number of fused-ring (bicyclic) bond motifs is 1. The van der Waals surface area contributed by atoms with E-state index in [1.54, 1.807) is 18.7 Å². The third-order valence-electron chi connectivity index (χ3n) is 4.40. The van der Waals surface area contributed by atoms with E-state index in [4.69, 9.17) is 4.74 Å². The monoisotopic (exact) mass is 370 g/mol. The molecule has 2 heterocycles. The molecule has 0 spiro atoms. The van der Waals surface area contributed by atoms with E-state index in [9.17, 15) is 14.4 Å². The first-order chi connectivity index (χ1) is 13.0. The van der Waals surface area contributed by atoms with Crippen LogP contribution in [0.25, 0.3) is 0 Å². The lowest BCUT2D eigenvalue weighted by atomic mass is 9.86. The zero-order chi connectivity index (χ0) is 19.4. The number of ether oxygens (including phenoxy) is 1. The van der Waals surface area contributed by atoms with E-state index in [1.807, 2.05) is 30.3 Å². The highest BCUT2D eigenvalue weighted by Gasteiger charge is 2.33. The molecule has 8 heteroatoms. The average Bonchev–Trinajstić information content (AvgIpc) is 2.96. The highest BCUT2D eigenvalue weighted by atomic mass is 16.5. The van der Waals surface area contributed by atoms with Gasteiger partial charge in [-0.05, 0) is 12.5 Å². The number of esters is 1. The molecule has 0 radical (unpaired) electrons. The van der Waals surface area contributed by atoms with Crippen LogP contribution in [0.1, 0.15) is 43.2 Å². The standard InChI is InChI=1S/C19H22N4O4/c1-3-27-16(26)10-9-14(24)20-18-17-13(12-7-5-4-6-8-12)11-15(25)21-19(17)23(2)22-18/h4-8,13H,3,9-11H2,1-2H3,(H,21,25)(H,20,22,24). The highest BCUT2D eigenvalue weighted by molar-refractivity contribution is 5.98. The van der Waals surface area contributed by atoms with Crippen molar-refractivity contribution in [1.29, 1.82) is 0 Å². The molecule has 1 aromatic heterocycles. The Hall–Kier alpha value is -3.16. The number of benzene rings is 1. The van der Waals surface area contributed by atoms with Crippen molar-refractivity contribution < 1.29 is 19.1 Å². The van der Waals surface area contributed by atoms with Crippen molar-refractivity contribution in [3.8, 4) is 0 Å². The third kappa shape index (κ3) is 4.16. The topological polar surface area (TPSA) is 102 Å². The molecule has 0 saturated heterocycles. The molecule has 1 aromatic carbocycles. The molecule has 2 N–H and O–H groups in total. The summed E-state index contributed by atoms with van der Waals surface area (Å²) in [6.07, 6.45) is 0.286. The number of aromatic nitrogens is 2. The minimum Gasteiger partial charge on any atom is -0.466 e. The number of amides is 2. The smallest absolute Gasteiger partial charge is 0.306 e. The van der Waals surface area contributed by atoms with Crippen LogP contribution in [0.4, 0.5) is 11.6 Å². The van der Waals surface area contributed by atoms with Gasteiger partial charge in [0, 0.05) is 31.4 Å². The van der Waals surface area contributed by atoms with Crippen LogP contribution in [0.2, 0.25) is 0 Å². The third-order valence-corrected chi connectivity index (χ3v) is 4.40. The van der Waals surface area contributed by atoms with Gasteiger partial charge < -0.3 is 15.4 Å². The fourth-order valence-corrected chi connectivity index (χ4v) is 3.19. The first-order valence-electron chi connectivity index (χ1n) is 8.86. The van der Waals surface area contributed by atoms with E-state index >= 15 is 0 Å². The predicted molar refractivity (Wildman–Crippen MR) is 99.2 cm³/mol. The van der Waals surface area contributed by atoms with Crippen LogP contribution < -0.4 is 10.6 Å². The van der Waals surface area contributed by atoms with Gasteiger partial charge in [-0.25, -0.2) is 0 Å². The van der Waals surface area contributed by atoms with Gasteiger partial charge in [0.25, 0.3) is 0 Å². The number of hydrogen-bond acceptors (Lipinski definition) is 5. The van der Waals surface area contributed by atoms with Crippen molar-refractivity contribution in [2.75, 3.05) is 17.2 Å².